The molecule has 0 spiro atoms. The van der Waals surface area contributed by atoms with E-state index in [2.05, 4.69) is 61.9 Å². The first-order chi connectivity index (χ1) is 13.5. The Labute approximate surface area is 172 Å². The summed E-state index contributed by atoms with van der Waals surface area (Å²) >= 11 is 0. The van der Waals surface area contributed by atoms with Gasteiger partial charge in [-0.1, -0.05) is 67.5 Å². The molecule has 0 aliphatic heterocycles. The summed E-state index contributed by atoms with van der Waals surface area (Å²) in [6, 6.07) is 4.11. The largest absolute Gasteiger partial charge is 0.401 e. The van der Waals surface area contributed by atoms with E-state index in [1.165, 1.54) is 5.57 Å². The second kappa shape index (κ2) is 13.7. The predicted molar refractivity (Wildman–Crippen MR) is 124 cm³/mol. The number of nitrogens with two attached hydrogens (primary N) is 1. The van der Waals surface area contributed by atoms with Crippen LogP contribution in [0, 0.1) is 0 Å². The fraction of sp³-hybridized carbons (Fsp3) is 0.400. The third-order valence-electron chi connectivity index (χ3n) is 4.33. The molecule has 152 valence electrons. The van der Waals surface area contributed by atoms with Gasteiger partial charge in [0.1, 0.15) is 0 Å². The second-order valence-corrected chi connectivity index (χ2v) is 7.30. The average Bonchev–Trinajstić information content (AvgIpc) is 2.66. The molecule has 1 aromatic heterocycles. The van der Waals surface area contributed by atoms with Gasteiger partial charge in [-0.25, -0.2) is 0 Å². The monoisotopic (exact) mass is 379 g/mol. The SMILES string of the molecule is C\C=C/C=C\C=C\c1cccnc1CN(CCCC)C/C(N)=C(\C)C=C(C)C. The van der Waals surface area contributed by atoms with Crippen LogP contribution in [-0.4, -0.2) is 23.0 Å². The van der Waals surface area contributed by atoms with E-state index < -0.39 is 0 Å². The van der Waals surface area contributed by atoms with Crippen LogP contribution in [0.15, 0.2) is 71.6 Å². The summed E-state index contributed by atoms with van der Waals surface area (Å²) in [4.78, 5) is 7.04. The summed E-state index contributed by atoms with van der Waals surface area (Å²) in [5, 5.41) is 0. The van der Waals surface area contributed by atoms with Crippen LogP contribution in [0.2, 0.25) is 0 Å². The lowest BCUT2D eigenvalue weighted by molar-refractivity contribution is 0.278. The molecule has 0 aromatic carbocycles. The number of rotatable bonds is 11. The summed E-state index contributed by atoms with van der Waals surface area (Å²) in [6.45, 7) is 13.1. The van der Waals surface area contributed by atoms with Crippen molar-refractivity contribution in [3.8, 4) is 0 Å². The fourth-order valence-corrected chi connectivity index (χ4v) is 2.83. The van der Waals surface area contributed by atoms with E-state index in [4.69, 9.17) is 5.73 Å². The fourth-order valence-electron chi connectivity index (χ4n) is 2.83. The van der Waals surface area contributed by atoms with E-state index in [9.17, 15) is 0 Å². The van der Waals surface area contributed by atoms with Crippen molar-refractivity contribution < 1.29 is 0 Å². The van der Waals surface area contributed by atoms with E-state index in [1.807, 2.05) is 43.5 Å². The lowest BCUT2D eigenvalue weighted by Crippen LogP contribution is -2.30. The van der Waals surface area contributed by atoms with Crippen molar-refractivity contribution in [2.45, 2.75) is 54.0 Å². The zero-order chi connectivity index (χ0) is 20.8. The molecule has 1 rings (SSSR count). The highest BCUT2D eigenvalue weighted by Crippen LogP contribution is 2.14. The molecule has 3 nitrogen and oxygen atoms in total. The molecule has 0 aliphatic carbocycles. The van der Waals surface area contributed by atoms with Crippen LogP contribution in [0.4, 0.5) is 0 Å². The lowest BCUT2D eigenvalue weighted by atomic mass is 10.1. The Morgan fingerprint density at radius 2 is 1.89 bits per heavy atom. The molecule has 1 heterocycles. The number of hydrogen-bond acceptors (Lipinski definition) is 3. The molecule has 28 heavy (non-hydrogen) atoms. The van der Waals surface area contributed by atoms with Crippen LogP contribution in [0.1, 0.15) is 58.7 Å². The highest BCUT2D eigenvalue weighted by molar-refractivity contribution is 5.53. The number of unbranched alkanes of at least 4 members (excludes halogenated alkanes) is 1. The molecule has 0 unspecified atom stereocenters. The topological polar surface area (TPSA) is 42.2 Å². The summed E-state index contributed by atoms with van der Waals surface area (Å²) in [6.07, 6.45) is 18.6. The van der Waals surface area contributed by atoms with Gasteiger partial charge >= 0.3 is 0 Å². The van der Waals surface area contributed by atoms with Gasteiger partial charge in [0.25, 0.3) is 0 Å². The molecule has 1 aromatic rings. The Hall–Kier alpha value is -2.39. The van der Waals surface area contributed by atoms with Gasteiger partial charge in [0, 0.05) is 25.0 Å². The first kappa shape index (κ1) is 23.6. The van der Waals surface area contributed by atoms with Gasteiger partial charge in [-0.15, -0.1) is 0 Å². The Morgan fingerprint density at radius 1 is 1.14 bits per heavy atom. The minimum Gasteiger partial charge on any atom is -0.401 e. The molecule has 0 fully saturated rings. The summed E-state index contributed by atoms with van der Waals surface area (Å²) in [7, 11) is 0. The van der Waals surface area contributed by atoms with Crippen molar-refractivity contribution in [2.75, 3.05) is 13.1 Å². The predicted octanol–water partition coefficient (Wildman–Crippen LogP) is 6.03. The van der Waals surface area contributed by atoms with Crippen molar-refractivity contribution in [1.82, 2.24) is 9.88 Å². The van der Waals surface area contributed by atoms with Crippen LogP contribution in [0.25, 0.3) is 6.08 Å². The maximum atomic E-state index is 6.40. The van der Waals surface area contributed by atoms with Crippen LogP contribution in [0.5, 0.6) is 0 Å². The molecule has 0 radical (unpaired) electrons. The minimum absolute atomic E-state index is 0.760. The maximum Gasteiger partial charge on any atom is 0.0616 e. The van der Waals surface area contributed by atoms with E-state index in [0.29, 0.717) is 0 Å². The Kier molecular flexibility index (Phi) is 11.6. The first-order valence-corrected chi connectivity index (χ1v) is 10.2. The summed E-state index contributed by atoms with van der Waals surface area (Å²) in [5.74, 6) is 0. The average molecular weight is 380 g/mol. The zero-order valence-electron chi connectivity index (χ0n) is 18.3. The molecule has 0 amide bonds. The van der Waals surface area contributed by atoms with Gasteiger partial charge < -0.3 is 5.73 Å². The Morgan fingerprint density at radius 3 is 2.57 bits per heavy atom. The van der Waals surface area contributed by atoms with Crippen molar-refractivity contribution >= 4 is 6.08 Å². The summed E-state index contributed by atoms with van der Waals surface area (Å²) < 4.78 is 0. The molecule has 0 atom stereocenters. The second-order valence-electron chi connectivity index (χ2n) is 7.30. The van der Waals surface area contributed by atoms with Gasteiger partial charge in [0.15, 0.2) is 0 Å². The highest BCUT2D eigenvalue weighted by Gasteiger charge is 2.11. The van der Waals surface area contributed by atoms with Gasteiger partial charge in [0.2, 0.25) is 0 Å². The van der Waals surface area contributed by atoms with E-state index in [1.54, 1.807) is 0 Å². The molecular weight excluding hydrogens is 342 g/mol. The molecule has 0 saturated heterocycles. The van der Waals surface area contributed by atoms with Crippen LogP contribution < -0.4 is 5.73 Å². The van der Waals surface area contributed by atoms with Gasteiger partial charge in [-0.3, -0.25) is 9.88 Å². The third-order valence-corrected chi connectivity index (χ3v) is 4.33. The number of aromatic nitrogens is 1. The van der Waals surface area contributed by atoms with E-state index in [0.717, 1.165) is 55.0 Å². The van der Waals surface area contributed by atoms with Crippen molar-refractivity contribution in [3.63, 3.8) is 0 Å². The third kappa shape index (κ3) is 9.52. The smallest absolute Gasteiger partial charge is 0.0616 e. The van der Waals surface area contributed by atoms with Gasteiger partial charge in [-0.2, -0.15) is 0 Å². The first-order valence-electron chi connectivity index (χ1n) is 10.2. The molecule has 3 heteroatoms. The number of nitrogens with zero attached hydrogens (tertiary/aromatic N) is 2. The lowest BCUT2D eigenvalue weighted by Gasteiger charge is -2.23. The van der Waals surface area contributed by atoms with Crippen LogP contribution >= 0.6 is 0 Å². The molecular formula is C25H37N3. The van der Waals surface area contributed by atoms with Crippen molar-refractivity contribution in [3.05, 3.63) is 82.9 Å². The molecule has 2 N–H and O–H groups in total. The van der Waals surface area contributed by atoms with Crippen molar-refractivity contribution in [2.24, 2.45) is 5.73 Å². The van der Waals surface area contributed by atoms with E-state index in [-0.39, 0.29) is 0 Å². The molecule has 0 saturated carbocycles. The molecule has 0 bridgehead atoms. The molecule has 0 aliphatic rings. The maximum absolute atomic E-state index is 6.40. The minimum atomic E-state index is 0.760. The van der Waals surface area contributed by atoms with Crippen molar-refractivity contribution in [1.29, 1.82) is 0 Å². The number of allylic oxidation sites excluding steroid dienone is 8. The standard InChI is InChI=1S/C25H37N3/c1-6-8-10-11-12-14-23-15-13-16-27-25(23)20-28(17-9-7-2)19-24(26)22(5)18-21(3)4/h6,8,10-16,18H,7,9,17,19-20,26H2,1-5H3/b8-6-,11-10-,14-12+,24-22-. The normalized spacial score (nSPS) is 13.1. The number of hydrogen-bond donors (Lipinski definition) is 1. The highest BCUT2D eigenvalue weighted by atomic mass is 15.1. The van der Waals surface area contributed by atoms with Gasteiger partial charge in [0.05, 0.1) is 5.69 Å². The zero-order valence-corrected chi connectivity index (χ0v) is 18.3. The number of pyridine rings is 1. The van der Waals surface area contributed by atoms with Gasteiger partial charge in [-0.05, 0) is 57.9 Å². The Bertz CT molecular complexity index is 732. The van der Waals surface area contributed by atoms with Crippen LogP contribution in [-0.2, 0) is 6.54 Å². The Balaban J connectivity index is 2.99. The quantitative estimate of drug-likeness (QED) is 0.477. The summed E-state index contributed by atoms with van der Waals surface area (Å²) in [5.41, 5.74) is 12.0. The van der Waals surface area contributed by atoms with E-state index >= 15 is 0 Å². The van der Waals surface area contributed by atoms with Crippen LogP contribution in [0.3, 0.4) is 0 Å².